The molecular weight excluding hydrogens is 613 g/mol. The van der Waals surface area contributed by atoms with E-state index in [2.05, 4.69) is 177 Å². The van der Waals surface area contributed by atoms with E-state index < -0.39 is 0 Å². The van der Waals surface area contributed by atoms with Crippen LogP contribution in [0.15, 0.2) is 156 Å². The summed E-state index contributed by atoms with van der Waals surface area (Å²) in [6, 6.07) is 32.1. The molecule has 0 radical (unpaired) electrons. The highest BCUT2D eigenvalue weighted by Crippen LogP contribution is 2.53. The Hall–Kier alpha value is -4.94. The molecule has 0 aromatic heterocycles. The lowest BCUT2D eigenvalue weighted by Crippen LogP contribution is -2.15. The summed E-state index contributed by atoms with van der Waals surface area (Å²) in [6.45, 7) is 25.3. The van der Waals surface area contributed by atoms with Crippen molar-refractivity contribution in [2.75, 3.05) is 0 Å². The molecule has 0 spiro atoms. The van der Waals surface area contributed by atoms with Crippen molar-refractivity contribution in [3.05, 3.63) is 190 Å². The van der Waals surface area contributed by atoms with Crippen LogP contribution in [0, 0.1) is 5.41 Å². The average molecular weight is 667 g/mol. The molecule has 0 heteroatoms. The van der Waals surface area contributed by atoms with Gasteiger partial charge in [-0.05, 0) is 119 Å². The maximum atomic E-state index is 4.47. The summed E-state index contributed by atoms with van der Waals surface area (Å²) in [5.74, 6) is 0. The zero-order chi connectivity index (χ0) is 34.5. The number of hydrogen-bond donors (Lipinski definition) is 0. The Bertz CT molecular complexity index is 2290. The molecule has 0 N–H and O–H groups in total. The third-order valence-electron chi connectivity index (χ3n) is 11.7. The van der Waals surface area contributed by atoms with Crippen molar-refractivity contribution in [2.45, 2.75) is 80.6 Å². The predicted octanol–water partition coefficient (Wildman–Crippen LogP) is 14.4. The molecule has 0 nitrogen and oxygen atoms in total. The lowest BCUT2D eigenvalue weighted by atomic mass is 9.79. The summed E-state index contributed by atoms with van der Waals surface area (Å²) in [4.78, 5) is 0. The fourth-order valence-corrected chi connectivity index (χ4v) is 8.98. The summed E-state index contributed by atoms with van der Waals surface area (Å²) >= 11 is 0. The maximum Gasteiger partial charge on any atom is 0.0159 e. The van der Waals surface area contributed by atoms with Gasteiger partial charge in [-0.2, -0.15) is 0 Å². The third-order valence-corrected chi connectivity index (χ3v) is 11.7. The molecule has 8 rings (SSSR count). The zero-order valence-corrected chi connectivity index (χ0v) is 30.1. The molecule has 51 heavy (non-hydrogen) atoms. The maximum absolute atomic E-state index is 4.47. The first-order chi connectivity index (χ1) is 23.4. The Morgan fingerprint density at radius 3 is 1.43 bits per heavy atom. The Balaban J connectivity index is 0.00000224. The smallest absolute Gasteiger partial charge is 0.0159 e. The van der Waals surface area contributed by atoms with Crippen molar-refractivity contribution in [3.8, 4) is 22.3 Å². The van der Waals surface area contributed by atoms with E-state index in [1.807, 2.05) is 0 Å². The van der Waals surface area contributed by atoms with Gasteiger partial charge in [-0.3, -0.25) is 0 Å². The van der Waals surface area contributed by atoms with Crippen molar-refractivity contribution in [3.63, 3.8) is 0 Å². The molecule has 0 saturated heterocycles. The number of allylic oxidation sites excluding steroid dienone is 12. The van der Waals surface area contributed by atoms with Gasteiger partial charge in [0, 0.05) is 10.8 Å². The minimum absolute atomic E-state index is 0. The molecule has 0 aliphatic heterocycles. The van der Waals surface area contributed by atoms with Gasteiger partial charge in [-0.25, -0.2) is 0 Å². The van der Waals surface area contributed by atoms with E-state index >= 15 is 0 Å². The molecule has 4 aliphatic rings. The van der Waals surface area contributed by atoms with Gasteiger partial charge in [-0.15, -0.1) is 0 Å². The zero-order valence-electron chi connectivity index (χ0n) is 30.1. The summed E-state index contributed by atoms with van der Waals surface area (Å²) in [5.41, 5.74) is 22.0. The quantitative estimate of drug-likeness (QED) is 0.203. The van der Waals surface area contributed by atoms with Crippen LogP contribution in [0.5, 0.6) is 0 Å². The van der Waals surface area contributed by atoms with Gasteiger partial charge in [0.2, 0.25) is 0 Å². The van der Waals surface area contributed by atoms with Crippen LogP contribution in [-0.2, 0) is 10.8 Å². The average Bonchev–Trinajstić information content (AvgIpc) is 3.26. The second-order valence-corrected chi connectivity index (χ2v) is 16.3. The van der Waals surface area contributed by atoms with E-state index in [9.17, 15) is 0 Å². The first-order valence-electron chi connectivity index (χ1n) is 17.7. The highest BCUT2D eigenvalue weighted by atomic mass is 14.4. The number of hydrogen-bond acceptors (Lipinski definition) is 0. The molecular formula is C51H54. The Kier molecular flexibility index (Phi) is 8.71. The van der Waals surface area contributed by atoms with E-state index in [4.69, 9.17) is 0 Å². The van der Waals surface area contributed by atoms with Crippen molar-refractivity contribution < 1.29 is 0 Å². The Morgan fingerprint density at radius 2 is 0.980 bits per heavy atom. The molecule has 258 valence electrons. The van der Waals surface area contributed by atoms with Crippen LogP contribution in [0.25, 0.3) is 33.4 Å². The van der Waals surface area contributed by atoms with Crippen LogP contribution in [0.3, 0.4) is 0 Å². The van der Waals surface area contributed by atoms with Crippen LogP contribution >= 0.6 is 0 Å². The van der Waals surface area contributed by atoms with Gasteiger partial charge in [0.25, 0.3) is 0 Å². The molecule has 0 atom stereocenters. The first-order valence-corrected chi connectivity index (χ1v) is 17.7. The molecule has 4 aromatic carbocycles. The van der Waals surface area contributed by atoms with E-state index in [0.29, 0.717) is 0 Å². The predicted molar refractivity (Wildman–Crippen MR) is 224 cm³/mol. The van der Waals surface area contributed by atoms with Gasteiger partial charge in [0.1, 0.15) is 0 Å². The number of fused-ring (bicyclic) bond motifs is 8. The third kappa shape index (κ3) is 5.26. The summed E-state index contributed by atoms with van der Waals surface area (Å²) in [5, 5.41) is 0. The molecule has 0 heterocycles. The lowest BCUT2D eigenvalue weighted by molar-refractivity contribution is 0.517. The highest BCUT2D eigenvalue weighted by molar-refractivity contribution is 6.00. The van der Waals surface area contributed by atoms with Crippen LogP contribution < -0.4 is 0 Å². The molecule has 0 amide bonds. The van der Waals surface area contributed by atoms with Crippen LogP contribution in [0.2, 0.25) is 0 Å². The van der Waals surface area contributed by atoms with Crippen molar-refractivity contribution in [1.82, 2.24) is 0 Å². The van der Waals surface area contributed by atoms with E-state index in [0.717, 1.165) is 17.6 Å². The Morgan fingerprint density at radius 1 is 0.549 bits per heavy atom. The largest absolute Gasteiger partial charge is 0.0984 e. The van der Waals surface area contributed by atoms with Crippen molar-refractivity contribution in [2.24, 2.45) is 5.41 Å². The summed E-state index contributed by atoms with van der Waals surface area (Å²) in [6.07, 6.45) is 12.2. The SMILES string of the molecule is C.C.C=CC1=C(C=C)C(c2ccc3c(c2)C(C)(C)c2ccccc2-3)=C2C=C(C(C)(C)C)C=CC(=C1c1ccc3c(c1)C(C)(C)c1ccccc1-3)C2. The second-order valence-electron chi connectivity index (χ2n) is 16.3. The standard InChI is InChI=1S/C49H46.2CH4/c1-10-35-36(11-2)46(32-22-25-40-38-17-13-15-19-42(38)49(8,9)44(40)29-32)33-26-30(20-23-34(27-33)47(3,4)5)45(35)31-21-24-39-37-16-12-14-18-41(37)48(6,7)43(39)28-31;;/h10-25,27-29H,1-2,26H2,3-9H3;2*1H4. The molecule has 4 aromatic rings. The lowest BCUT2D eigenvalue weighted by Gasteiger charge is -2.24. The first kappa shape index (κ1) is 35.9. The molecule has 2 bridgehead atoms. The monoisotopic (exact) mass is 666 g/mol. The minimum atomic E-state index is -0.0853. The van der Waals surface area contributed by atoms with E-state index in [1.165, 1.54) is 83.5 Å². The number of benzene rings is 4. The highest BCUT2D eigenvalue weighted by Gasteiger charge is 2.38. The van der Waals surface area contributed by atoms with Crippen LogP contribution in [-0.4, -0.2) is 0 Å². The molecule has 0 unspecified atom stereocenters. The summed E-state index contributed by atoms with van der Waals surface area (Å²) < 4.78 is 0. The van der Waals surface area contributed by atoms with E-state index in [1.54, 1.807) is 0 Å². The normalized spacial score (nSPS) is 17.6. The van der Waals surface area contributed by atoms with Crippen molar-refractivity contribution >= 4 is 11.1 Å². The number of rotatable bonds is 4. The fourth-order valence-electron chi connectivity index (χ4n) is 8.98. The molecule has 0 fully saturated rings. The molecule has 4 aliphatic carbocycles. The van der Waals surface area contributed by atoms with Gasteiger partial charge in [0.05, 0.1) is 0 Å². The van der Waals surface area contributed by atoms with Crippen LogP contribution in [0.4, 0.5) is 0 Å². The van der Waals surface area contributed by atoms with Gasteiger partial charge in [0.15, 0.2) is 0 Å². The van der Waals surface area contributed by atoms with E-state index in [-0.39, 0.29) is 31.1 Å². The van der Waals surface area contributed by atoms with Crippen LogP contribution in [0.1, 0.15) is 103 Å². The fraction of sp³-hybridized carbons (Fsp3) is 0.255. The van der Waals surface area contributed by atoms with Gasteiger partial charge >= 0.3 is 0 Å². The van der Waals surface area contributed by atoms with Gasteiger partial charge < -0.3 is 0 Å². The molecule has 0 saturated carbocycles. The second kappa shape index (κ2) is 12.4. The minimum Gasteiger partial charge on any atom is -0.0984 e. The van der Waals surface area contributed by atoms with Crippen molar-refractivity contribution in [1.29, 1.82) is 0 Å². The summed E-state index contributed by atoms with van der Waals surface area (Å²) in [7, 11) is 0. The van der Waals surface area contributed by atoms with Gasteiger partial charge in [-0.1, -0.05) is 180 Å². The Labute approximate surface area is 308 Å². The topological polar surface area (TPSA) is 0 Å².